The van der Waals surface area contributed by atoms with Crippen LogP contribution in [0.5, 0.6) is 5.75 Å². The molecule has 0 bridgehead atoms. The first-order valence-corrected chi connectivity index (χ1v) is 7.29. The second-order valence-electron chi connectivity index (χ2n) is 5.27. The summed E-state index contributed by atoms with van der Waals surface area (Å²) in [6.07, 6.45) is -4.78. The van der Waals surface area contributed by atoms with Gasteiger partial charge in [0, 0.05) is 6.08 Å². The SMILES string of the molecule is COc1ccc(C=CC(=O)OCC2OC(O)C(O)C(O)C2O)cc1. The predicted molar refractivity (Wildman–Crippen MR) is 81.9 cm³/mol. The number of benzene rings is 1. The highest BCUT2D eigenvalue weighted by molar-refractivity contribution is 5.87. The fourth-order valence-corrected chi connectivity index (χ4v) is 2.16. The number of rotatable bonds is 5. The third kappa shape index (κ3) is 4.53. The quantitative estimate of drug-likeness (QED) is 0.399. The Morgan fingerprint density at radius 3 is 2.42 bits per heavy atom. The van der Waals surface area contributed by atoms with Gasteiger partial charge in [0.05, 0.1) is 7.11 Å². The van der Waals surface area contributed by atoms with Crippen LogP contribution in [0.25, 0.3) is 6.08 Å². The van der Waals surface area contributed by atoms with Crippen molar-refractivity contribution in [2.75, 3.05) is 13.7 Å². The summed E-state index contributed by atoms with van der Waals surface area (Å²) in [6, 6.07) is 6.99. The van der Waals surface area contributed by atoms with Gasteiger partial charge in [0.2, 0.25) is 0 Å². The van der Waals surface area contributed by atoms with Gasteiger partial charge in [0.1, 0.15) is 36.8 Å². The summed E-state index contributed by atoms with van der Waals surface area (Å²) >= 11 is 0. The van der Waals surface area contributed by atoms with Gasteiger partial charge in [-0.15, -0.1) is 0 Å². The minimum atomic E-state index is -1.66. The van der Waals surface area contributed by atoms with Crippen molar-refractivity contribution in [3.63, 3.8) is 0 Å². The van der Waals surface area contributed by atoms with Gasteiger partial charge < -0.3 is 34.6 Å². The molecular formula is C16H20O8. The largest absolute Gasteiger partial charge is 0.497 e. The number of carbonyl (C=O) groups is 1. The minimum Gasteiger partial charge on any atom is -0.497 e. The van der Waals surface area contributed by atoms with Crippen LogP contribution >= 0.6 is 0 Å². The number of ether oxygens (including phenoxy) is 3. The fourth-order valence-electron chi connectivity index (χ4n) is 2.16. The molecule has 1 saturated heterocycles. The van der Waals surface area contributed by atoms with E-state index in [0.29, 0.717) is 5.75 Å². The van der Waals surface area contributed by atoms with Crippen molar-refractivity contribution in [3.8, 4) is 5.75 Å². The van der Waals surface area contributed by atoms with Crippen molar-refractivity contribution in [1.29, 1.82) is 0 Å². The third-order valence-corrected chi connectivity index (χ3v) is 3.60. The molecule has 8 nitrogen and oxygen atoms in total. The first-order valence-electron chi connectivity index (χ1n) is 7.29. The second kappa shape index (κ2) is 8.22. The second-order valence-corrected chi connectivity index (χ2v) is 5.27. The lowest BCUT2D eigenvalue weighted by Gasteiger charge is -2.37. The van der Waals surface area contributed by atoms with Crippen LogP contribution in [0.1, 0.15) is 5.56 Å². The van der Waals surface area contributed by atoms with Gasteiger partial charge in [-0.1, -0.05) is 12.1 Å². The van der Waals surface area contributed by atoms with Crippen LogP contribution in [0, 0.1) is 0 Å². The predicted octanol–water partition coefficient (Wildman–Crippen LogP) is -0.949. The van der Waals surface area contributed by atoms with Crippen molar-refractivity contribution in [1.82, 2.24) is 0 Å². The molecule has 5 atom stereocenters. The van der Waals surface area contributed by atoms with E-state index in [0.717, 1.165) is 5.56 Å². The lowest BCUT2D eigenvalue weighted by atomic mass is 9.99. The smallest absolute Gasteiger partial charge is 0.330 e. The molecule has 0 saturated carbocycles. The summed E-state index contributed by atoms with van der Waals surface area (Å²) in [4.78, 5) is 11.7. The third-order valence-electron chi connectivity index (χ3n) is 3.60. The van der Waals surface area contributed by atoms with E-state index >= 15 is 0 Å². The summed E-state index contributed by atoms with van der Waals surface area (Å²) in [5.41, 5.74) is 0.760. The lowest BCUT2D eigenvalue weighted by Crippen LogP contribution is -2.58. The van der Waals surface area contributed by atoms with Crippen LogP contribution in [0.4, 0.5) is 0 Å². The number of hydrogen-bond acceptors (Lipinski definition) is 8. The van der Waals surface area contributed by atoms with Crippen molar-refractivity contribution in [2.24, 2.45) is 0 Å². The first kappa shape index (κ1) is 18.4. The summed E-state index contributed by atoms with van der Waals surface area (Å²) in [7, 11) is 1.55. The molecule has 24 heavy (non-hydrogen) atoms. The fraction of sp³-hybridized carbons (Fsp3) is 0.438. The lowest BCUT2D eigenvalue weighted by molar-refractivity contribution is -0.287. The van der Waals surface area contributed by atoms with E-state index in [2.05, 4.69) is 0 Å². The standard InChI is InChI=1S/C16H20O8/c1-22-10-5-2-9(3-6-10)4-7-12(17)23-8-11-13(18)14(19)15(20)16(21)24-11/h2-7,11,13-16,18-21H,8H2,1H3. The Morgan fingerprint density at radius 2 is 1.79 bits per heavy atom. The monoisotopic (exact) mass is 340 g/mol. The van der Waals surface area contributed by atoms with Gasteiger partial charge in [-0.05, 0) is 23.8 Å². The molecule has 1 fully saturated rings. The molecule has 8 heteroatoms. The average molecular weight is 340 g/mol. The molecule has 0 radical (unpaired) electrons. The van der Waals surface area contributed by atoms with Crippen molar-refractivity contribution in [3.05, 3.63) is 35.9 Å². The first-order chi connectivity index (χ1) is 11.4. The van der Waals surface area contributed by atoms with E-state index < -0.39 is 36.7 Å². The van der Waals surface area contributed by atoms with E-state index in [4.69, 9.17) is 14.2 Å². The zero-order valence-electron chi connectivity index (χ0n) is 13.0. The molecule has 0 amide bonds. The topological polar surface area (TPSA) is 126 Å². The molecule has 1 heterocycles. The molecule has 132 valence electrons. The highest BCUT2D eigenvalue weighted by Gasteiger charge is 2.43. The molecule has 0 aliphatic carbocycles. The van der Waals surface area contributed by atoms with Crippen LogP contribution in [-0.4, -0.2) is 70.8 Å². The average Bonchev–Trinajstić information content (AvgIpc) is 2.60. The van der Waals surface area contributed by atoms with Crippen LogP contribution in [0.3, 0.4) is 0 Å². The molecule has 2 rings (SSSR count). The van der Waals surface area contributed by atoms with Crippen LogP contribution in [-0.2, 0) is 14.3 Å². The molecule has 1 aromatic carbocycles. The zero-order chi connectivity index (χ0) is 17.7. The molecule has 0 aromatic heterocycles. The van der Waals surface area contributed by atoms with E-state index in [1.807, 2.05) is 0 Å². The number of esters is 1. The highest BCUT2D eigenvalue weighted by Crippen LogP contribution is 2.20. The van der Waals surface area contributed by atoms with Gasteiger partial charge in [0.15, 0.2) is 6.29 Å². The van der Waals surface area contributed by atoms with Gasteiger partial charge in [0.25, 0.3) is 0 Å². The van der Waals surface area contributed by atoms with Gasteiger partial charge in [-0.2, -0.15) is 0 Å². The summed E-state index contributed by atoms with van der Waals surface area (Å²) < 4.78 is 14.8. The minimum absolute atomic E-state index is 0.381. The maximum absolute atomic E-state index is 11.7. The molecular weight excluding hydrogens is 320 g/mol. The maximum atomic E-state index is 11.7. The molecule has 4 N–H and O–H groups in total. The maximum Gasteiger partial charge on any atom is 0.330 e. The Bertz CT molecular complexity index is 570. The van der Waals surface area contributed by atoms with E-state index in [1.165, 1.54) is 12.2 Å². The number of aliphatic hydroxyl groups is 4. The summed E-state index contributed by atoms with van der Waals surface area (Å²) in [5.74, 6) is 0.00850. The molecule has 1 aliphatic heterocycles. The van der Waals surface area contributed by atoms with Crippen LogP contribution in [0.15, 0.2) is 30.3 Å². The van der Waals surface area contributed by atoms with Crippen LogP contribution in [0.2, 0.25) is 0 Å². The molecule has 0 spiro atoms. The summed E-state index contributed by atoms with van der Waals surface area (Å²) in [5, 5.41) is 38.0. The number of carbonyl (C=O) groups excluding carboxylic acids is 1. The normalized spacial score (nSPS) is 30.3. The Labute approximate surface area is 138 Å². The molecule has 5 unspecified atom stereocenters. The Morgan fingerprint density at radius 1 is 1.12 bits per heavy atom. The van der Waals surface area contributed by atoms with Crippen molar-refractivity contribution < 1.29 is 39.4 Å². The van der Waals surface area contributed by atoms with E-state index in [1.54, 1.807) is 31.4 Å². The van der Waals surface area contributed by atoms with E-state index in [9.17, 15) is 25.2 Å². The highest BCUT2D eigenvalue weighted by atomic mass is 16.6. The number of methoxy groups -OCH3 is 1. The number of aliphatic hydroxyl groups excluding tert-OH is 4. The van der Waals surface area contributed by atoms with Gasteiger partial charge in [-0.25, -0.2) is 4.79 Å². The van der Waals surface area contributed by atoms with Crippen molar-refractivity contribution >= 4 is 12.0 Å². The Hall–Kier alpha value is -1.97. The molecule has 1 aliphatic rings. The van der Waals surface area contributed by atoms with Crippen LogP contribution < -0.4 is 4.74 Å². The van der Waals surface area contributed by atoms with Gasteiger partial charge >= 0.3 is 5.97 Å². The van der Waals surface area contributed by atoms with Crippen molar-refractivity contribution in [2.45, 2.75) is 30.7 Å². The van der Waals surface area contributed by atoms with Gasteiger partial charge in [-0.3, -0.25) is 0 Å². The number of hydrogen-bond donors (Lipinski definition) is 4. The summed E-state index contributed by atoms with van der Waals surface area (Å²) in [6.45, 7) is -0.381. The van der Waals surface area contributed by atoms with E-state index in [-0.39, 0.29) is 6.61 Å². The molecule has 1 aromatic rings. The Balaban J connectivity index is 1.85. The Kier molecular flexibility index (Phi) is 6.29. The zero-order valence-corrected chi connectivity index (χ0v) is 13.0.